The molecule has 1 fully saturated rings. The fourth-order valence-electron chi connectivity index (χ4n) is 2.08. The fourth-order valence-corrected chi connectivity index (χ4v) is 2.35. The zero-order valence-corrected chi connectivity index (χ0v) is 12.6. The van der Waals surface area contributed by atoms with Gasteiger partial charge in [0.05, 0.1) is 25.8 Å². The molecule has 1 aromatic carbocycles. The van der Waals surface area contributed by atoms with Crippen molar-refractivity contribution in [3.8, 4) is 0 Å². The molecular weight excluding hydrogens is 308 g/mol. The van der Waals surface area contributed by atoms with Crippen molar-refractivity contribution in [2.75, 3.05) is 32.8 Å². The van der Waals surface area contributed by atoms with Crippen LogP contribution in [0, 0.1) is 0 Å². The number of carbonyl (C=O) groups is 1. The number of morpholine rings is 1. The molecule has 1 atom stereocenters. The molecule has 1 N–H and O–H groups in total. The number of carbonyl (C=O) groups excluding carboxylic acids is 1. The van der Waals surface area contributed by atoms with Gasteiger partial charge in [-0.2, -0.15) is 0 Å². The van der Waals surface area contributed by atoms with Gasteiger partial charge in [-0.1, -0.05) is 28.1 Å². The van der Waals surface area contributed by atoms with Gasteiger partial charge in [0.25, 0.3) is 0 Å². The predicted octanol–water partition coefficient (Wildman–Crippen LogP) is 1.96. The molecule has 0 aliphatic carbocycles. The Bertz CT molecular complexity index is 416. The molecule has 1 aliphatic heterocycles. The van der Waals surface area contributed by atoms with Crippen LogP contribution in [0.25, 0.3) is 0 Å². The molecule has 1 heterocycles. The van der Waals surface area contributed by atoms with E-state index in [1.54, 1.807) is 0 Å². The van der Waals surface area contributed by atoms with Crippen LogP contribution < -0.4 is 5.32 Å². The van der Waals surface area contributed by atoms with Gasteiger partial charge in [0, 0.05) is 17.6 Å². The van der Waals surface area contributed by atoms with Crippen molar-refractivity contribution in [2.45, 2.75) is 13.0 Å². The number of hydrogen-bond acceptors (Lipinski definition) is 3. The Morgan fingerprint density at radius 1 is 1.37 bits per heavy atom. The van der Waals surface area contributed by atoms with E-state index >= 15 is 0 Å². The highest BCUT2D eigenvalue weighted by Crippen LogP contribution is 2.16. The third-order valence-electron chi connectivity index (χ3n) is 3.22. The van der Waals surface area contributed by atoms with Crippen LogP contribution in [0.3, 0.4) is 0 Å². The lowest BCUT2D eigenvalue weighted by Gasteiger charge is -2.26. The smallest absolute Gasteiger partial charge is 0.234 e. The summed E-state index contributed by atoms with van der Waals surface area (Å²) in [5.74, 6) is 0.0670. The van der Waals surface area contributed by atoms with Crippen molar-refractivity contribution in [2.24, 2.45) is 0 Å². The van der Waals surface area contributed by atoms with E-state index in [1.807, 2.05) is 31.2 Å². The average Bonchev–Trinajstić information content (AvgIpc) is 2.40. The lowest BCUT2D eigenvalue weighted by atomic mass is 10.1. The van der Waals surface area contributed by atoms with Crippen molar-refractivity contribution in [1.29, 1.82) is 0 Å². The predicted molar refractivity (Wildman–Crippen MR) is 78.0 cm³/mol. The summed E-state index contributed by atoms with van der Waals surface area (Å²) >= 11 is 3.41. The van der Waals surface area contributed by atoms with E-state index in [0.717, 1.165) is 36.3 Å². The maximum absolute atomic E-state index is 12.0. The van der Waals surface area contributed by atoms with Crippen molar-refractivity contribution in [3.63, 3.8) is 0 Å². The number of halogens is 1. The summed E-state index contributed by atoms with van der Waals surface area (Å²) in [6.45, 7) is 5.55. The minimum absolute atomic E-state index is 0.0293. The van der Waals surface area contributed by atoms with E-state index in [1.165, 1.54) is 0 Å². The van der Waals surface area contributed by atoms with E-state index in [2.05, 4.69) is 26.1 Å². The van der Waals surface area contributed by atoms with Crippen molar-refractivity contribution in [1.82, 2.24) is 10.2 Å². The van der Waals surface area contributed by atoms with Crippen LogP contribution in [0.2, 0.25) is 0 Å². The molecule has 1 aliphatic rings. The van der Waals surface area contributed by atoms with Crippen molar-refractivity contribution < 1.29 is 9.53 Å². The number of hydrogen-bond donors (Lipinski definition) is 1. The highest BCUT2D eigenvalue weighted by molar-refractivity contribution is 9.10. The summed E-state index contributed by atoms with van der Waals surface area (Å²) in [5, 5.41) is 3.03. The standard InChI is InChI=1S/C14H19BrN2O2/c1-11(12-2-4-13(15)5-3-12)16-14(18)10-17-6-8-19-9-7-17/h2-5,11H,6-10H2,1H3,(H,16,18)/t11-/m0/s1. The van der Waals surface area contributed by atoms with Gasteiger partial charge >= 0.3 is 0 Å². The fraction of sp³-hybridized carbons (Fsp3) is 0.500. The summed E-state index contributed by atoms with van der Waals surface area (Å²) in [6, 6.07) is 8.04. The molecule has 0 radical (unpaired) electrons. The van der Waals surface area contributed by atoms with Gasteiger partial charge in [-0.15, -0.1) is 0 Å². The first-order valence-electron chi connectivity index (χ1n) is 6.50. The second-order valence-corrected chi connectivity index (χ2v) is 5.64. The Morgan fingerprint density at radius 2 is 2.00 bits per heavy atom. The molecule has 0 saturated carbocycles. The van der Waals surface area contributed by atoms with Crippen LogP contribution in [0.15, 0.2) is 28.7 Å². The highest BCUT2D eigenvalue weighted by Gasteiger charge is 2.15. The summed E-state index contributed by atoms with van der Waals surface area (Å²) in [7, 11) is 0. The van der Waals surface area contributed by atoms with Crippen LogP contribution in [0.5, 0.6) is 0 Å². The second kappa shape index (κ2) is 7.03. The highest BCUT2D eigenvalue weighted by atomic mass is 79.9. The largest absolute Gasteiger partial charge is 0.379 e. The molecule has 0 aromatic heterocycles. The molecule has 1 aromatic rings. The molecule has 0 spiro atoms. The molecule has 0 bridgehead atoms. The summed E-state index contributed by atoms with van der Waals surface area (Å²) in [4.78, 5) is 14.1. The van der Waals surface area contributed by atoms with E-state index in [9.17, 15) is 4.79 Å². The Kier molecular flexibility index (Phi) is 5.36. The molecular formula is C14H19BrN2O2. The minimum Gasteiger partial charge on any atom is -0.379 e. The molecule has 5 heteroatoms. The second-order valence-electron chi connectivity index (χ2n) is 4.73. The number of nitrogens with zero attached hydrogens (tertiary/aromatic N) is 1. The minimum atomic E-state index is 0.0293. The van der Waals surface area contributed by atoms with Gasteiger partial charge in [0.2, 0.25) is 5.91 Å². The first-order valence-corrected chi connectivity index (χ1v) is 7.29. The maximum Gasteiger partial charge on any atom is 0.234 e. The molecule has 4 nitrogen and oxygen atoms in total. The first kappa shape index (κ1) is 14.5. The zero-order chi connectivity index (χ0) is 13.7. The van der Waals surface area contributed by atoms with Gasteiger partial charge in [-0.3, -0.25) is 9.69 Å². The number of amides is 1. The molecule has 1 saturated heterocycles. The van der Waals surface area contributed by atoms with Crippen LogP contribution in [0.1, 0.15) is 18.5 Å². The van der Waals surface area contributed by atoms with Crippen LogP contribution in [0.4, 0.5) is 0 Å². The van der Waals surface area contributed by atoms with Crippen LogP contribution >= 0.6 is 15.9 Å². The number of nitrogens with one attached hydrogen (secondary N) is 1. The van der Waals surface area contributed by atoms with Gasteiger partial charge < -0.3 is 10.1 Å². The Balaban J connectivity index is 1.82. The monoisotopic (exact) mass is 326 g/mol. The van der Waals surface area contributed by atoms with E-state index in [-0.39, 0.29) is 11.9 Å². The quantitative estimate of drug-likeness (QED) is 0.919. The van der Waals surface area contributed by atoms with E-state index < -0.39 is 0 Å². The molecule has 1 amide bonds. The SMILES string of the molecule is C[C@H](NC(=O)CN1CCOCC1)c1ccc(Br)cc1. The maximum atomic E-state index is 12.0. The average molecular weight is 327 g/mol. The number of benzene rings is 1. The topological polar surface area (TPSA) is 41.6 Å². The van der Waals surface area contributed by atoms with Gasteiger partial charge in [-0.25, -0.2) is 0 Å². The van der Waals surface area contributed by atoms with E-state index in [0.29, 0.717) is 6.54 Å². The number of ether oxygens (including phenoxy) is 1. The zero-order valence-electron chi connectivity index (χ0n) is 11.1. The summed E-state index contributed by atoms with van der Waals surface area (Å²) in [6.07, 6.45) is 0. The van der Waals surface area contributed by atoms with Crippen molar-refractivity contribution in [3.05, 3.63) is 34.3 Å². The third kappa shape index (κ3) is 4.60. The van der Waals surface area contributed by atoms with E-state index in [4.69, 9.17) is 4.74 Å². The normalized spacial score (nSPS) is 18.0. The van der Waals surface area contributed by atoms with Gasteiger partial charge in [0.15, 0.2) is 0 Å². The summed E-state index contributed by atoms with van der Waals surface area (Å²) < 4.78 is 6.31. The summed E-state index contributed by atoms with van der Waals surface area (Å²) in [5.41, 5.74) is 1.11. The third-order valence-corrected chi connectivity index (χ3v) is 3.75. The Hall–Kier alpha value is -0.910. The molecule has 2 rings (SSSR count). The Morgan fingerprint density at radius 3 is 2.63 bits per heavy atom. The molecule has 19 heavy (non-hydrogen) atoms. The molecule has 0 unspecified atom stereocenters. The Labute approximate surface area is 122 Å². The van der Waals surface area contributed by atoms with Crippen molar-refractivity contribution >= 4 is 21.8 Å². The van der Waals surface area contributed by atoms with Gasteiger partial charge in [0.1, 0.15) is 0 Å². The van der Waals surface area contributed by atoms with Crippen LogP contribution in [-0.4, -0.2) is 43.7 Å². The lowest BCUT2D eigenvalue weighted by molar-refractivity contribution is -0.123. The number of rotatable bonds is 4. The first-order chi connectivity index (χ1) is 9.15. The van der Waals surface area contributed by atoms with Gasteiger partial charge in [-0.05, 0) is 24.6 Å². The molecule has 104 valence electrons. The van der Waals surface area contributed by atoms with Crippen LogP contribution in [-0.2, 0) is 9.53 Å². The lowest BCUT2D eigenvalue weighted by Crippen LogP contribution is -2.43.